The summed E-state index contributed by atoms with van der Waals surface area (Å²) in [5.41, 5.74) is 1.91. The van der Waals surface area contributed by atoms with Crippen molar-refractivity contribution >= 4 is 17.4 Å². The third-order valence-electron chi connectivity index (χ3n) is 3.71. The number of ketones is 1. The molecule has 0 radical (unpaired) electrons. The van der Waals surface area contributed by atoms with Crippen LogP contribution in [0.2, 0.25) is 5.02 Å². The molecule has 2 N–H and O–H groups in total. The van der Waals surface area contributed by atoms with Gasteiger partial charge >= 0.3 is 0 Å². The van der Waals surface area contributed by atoms with Gasteiger partial charge in [-0.1, -0.05) is 17.7 Å². The van der Waals surface area contributed by atoms with E-state index in [4.69, 9.17) is 21.1 Å². The van der Waals surface area contributed by atoms with Crippen molar-refractivity contribution in [3.63, 3.8) is 0 Å². The first-order chi connectivity index (χ1) is 11.7. The number of hydrogen-bond acceptors (Lipinski definition) is 6. The van der Waals surface area contributed by atoms with Crippen LogP contribution in [-0.4, -0.2) is 47.3 Å². The molecule has 2 aromatic rings. The van der Waals surface area contributed by atoms with Gasteiger partial charge in [-0.3, -0.25) is 14.9 Å². The van der Waals surface area contributed by atoms with E-state index in [1.165, 1.54) is 0 Å². The van der Waals surface area contributed by atoms with Gasteiger partial charge in [0, 0.05) is 25.7 Å². The summed E-state index contributed by atoms with van der Waals surface area (Å²) < 4.78 is 10.9. The van der Waals surface area contributed by atoms with E-state index < -0.39 is 0 Å². The summed E-state index contributed by atoms with van der Waals surface area (Å²) in [4.78, 5) is 16.8. The van der Waals surface area contributed by atoms with Crippen LogP contribution in [0.25, 0.3) is 0 Å². The summed E-state index contributed by atoms with van der Waals surface area (Å²) in [7, 11) is 0. The fraction of sp³-hybridized carbons (Fsp3) is 0.438. The molecule has 1 aliphatic heterocycles. The fourth-order valence-corrected chi connectivity index (χ4v) is 2.73. The van der Waals surface area contributed by atoms with Gasteiger partial charge in [-0.2, -0.15) is 0 Å². The Kier molecular flexibility index (Phi) is 5.44. The van der Waals surface area contributed by atoms with Gasteiger partial charge in [0.1, 0.15) is 16.8 Å². The first kappa shape index (κ1) is 16.9. The monoisotopic (exact) mass is 350 g/mol. The number of morpholine rings is 1. The molecule has 1 saturated heterocycles. The minimum atomic E-state index is -0.163. The first-order valence-corrected chi connectivity index (χ1v) is 8.23. The maximum absolute atomic E-state index is 12.4. The van der Waals surface area contributed by atoms with E-state index in [0.717, 1.165) is 24.3 Å². The summed E-state index contributed by atoms with van der Waals surface area (Å²) >= 11 is 6.11. The van der Waals surface area contributed by atoms with Gasteiger partial charge in [-0.05, 0) is 18.6 Å². The number of aromatic nitrogens is 3. The summed E-state index contributed by atoms with van der Waals surface area (Å²) in [6, 6.07) is 3.77. The average molecular weight is 351 g/mol. The second-order valence-electron chi connectivity index (χ2n) is 5.41. The highest BCUT2D eigenvalue weighted by Gasteiger charge is 2.20. The Balaban J connectivity index is 1.66. The molecule has 0 amide bonds. The molecular formula is C16H19ClN4O3. The van der Waals surface area contributed by atoms with Gasteiger partial charge < -0.3 is 14.8 Å². The maximum Gasteiger partial charge on any atom is 0.252 e. The molecular weight excluding hydrogens is 332 g/mol. The molecule has 8 heteroatoms. The highest BCUT2D eigenvalue weighted by Crippen LogP contribution is 2.26. The summed E-state index contributed by atoms with van der Waals surface area (Å²) in [5.74, 6) is 0.0847. The molecule has 1 atom stereocenters. The van der Waals surface area contributed by atoms with Crippen molar-refractivity contribution < 1.29 is 14.3 Å². The van der Waals surface area contributed by atoms with E-state index >= 15 is 0 Å². The largest absolute Gasteiger partial charge is 0.476 e. The van der Waals surface area contributed by atoms with Crippen molar-refractivity contribution in [2.45, 2.75) is 19.4 Å². The second kappa shape index (κ2) is 7.74. The van der Waals surface area contributed by atoms with Crippen LogP contribution in [0.15, 0.2) is 18.3 Å². The Bertz CT molecular complexity index is 696. The zero-order chi connectivity index (χ0) is 16.9. The minimum Gasteiger partial charge on any atom is -0.476 e. The number of carbonyl (C=O) groups is 1. The normalized spacial score (nSPS) is 17.7. The Morgan fingerprint density at radius 3 is 3.04 bits per heavy atom. The van der Waals surface area contributed by atoms with Crippen molar-refractivity contribution in [3.05, 3.63) is 40.3 Å². The quantitative estimate of drug-likeness (QED) is 0.774. The van der Waals surface area contributed by atoms with Gasteiger partial charge in [0.05, 0.1) is 18.9 Å². The minimum absolute atomic E-state index is 0.0423. The van der Waals surface area contributed by atoms with Gasteiger partial charge in [0.15, 0.2) is 5.78 Å². The predicted molar refractivity (Wildman–Crippen MR) is 88.6 cm³/mol. The predicted octanol–water partition coefficient (Wildman–Crippen LogP) is 1.94. The van der Waals surface area contributed by atoms with Crippen LogP contribution in [-0.2, 0) is 11.2 Å². The van der Waals surface area contributed by atoms with Gasteiger partial charge in [-0.15, -0.1) is 5.10 Å². The lowest BCUT2D eigenvalue weighted by molar-refractivity contribution is 0.0250. The number of nitrogens with one attached hydrogen (secondary N) is 2. The molecule has 1 aliphatic rings. The Hall–Kier alpha value is -1.96. The van der Waals surface area contributed by atoms with Gasteiger partial charge in [0.2, 0.25) is 0 Å². The highest BCUT2D eigenvalue weighted by molar-refractivity contribution is 6.35. The zero-order valence-electron chi connectivity index (χ0n) is 13.3. The van der Waals surface area contributed by atoms with E-state index in [1.54, 1.807) is 6.20 Å². The van der Waals surface area contributed by atoms with Crippen LogP contribution in [0.5, 0.6) is 5.88 Å². The van der Waals surface area contributed by atoms with Gasteiger partial charge in [-0.25, -0.2) is 0 Å². The smallest absolute Gasteiger partial charge is 0.252 e. The third kappa shape index (κ3) is 3.75. The lowest BCUT2D eigenvalue weighted by atomic mass is 10.1. The molecule has 2 aromatic heterocycles. The van der Waals surface area contributed by atoms with Crippen molar-refractivity contribution in [2.75, 3.05) is 26.3 Å². The van der Waals surface area contributed by atoms with E-state index in [-0.39, 0.29) is 34.9 Å². The molecule has 0 unspecified atom stereocenters. The van der Waals surface area contributed by atoms with Crippen molar-refractivity contribution in [1.82, 2.24) is 20.5 Å². The van der Waals surface area contributed by atoms with Crippen LogP contribution in [0, 0.1) is 0 Å². The van der Waals surface area contributed by atoms with Crippen molar-refractivity contribution in [3.8, 4) is 5.88 Å². The lowest BCUT2D eigenvalue weighted by Gasteiger charge is -2.23. The van der Waals surface area contributed by atoms with Crippen molar-refractivity contribution in [1.29, 1.82) is 0 Å². The van der Waals surface area contributed by atoms with Crippen LogP contribution >= 0.6 is 11.6 Å². The van der Waals surface area contributed by atoms with Crippen LogP contribution in [0.3, 0.4) is 0 Å². The summed E-state index contributed by atoms with van der Waals surface area (Å²) in [6.45, 7) is 4.53. The number of Topliss-reactive ketones (excluding diaryl/α,β-unsaturated/α-hetero) is 1. The molecule has 0 bridgehead atoms. The Labute approximate surface area is 144 Å². The maximum atomic E-state index is 12.4. The van der Waals surface area contributed by atoms with Crippen LogP contribution in [0.4, 0.5) is 0 Å². The molecule has 24 heavy (non-hydrogen) atoms. The number of ether oxygens (including phenoxy) is 2. The molecule has 3 rings (SSSR count). The van der Waals surface area contributed by atoms with Crippen LogP contribution in [0.1, 0.15) is 34.8 Å². The number of halogens is 1. The number of hydrogen-bond donors (Lipinski definition) is 2. The molecule has 128 valence electrons. The van der Waals surface area contributed by atoms with Gasteiger partial charge in [0.25, 0.3) is 5.88 Å². The number of carbonyl (C=O) groups excluding carboxylic acids is 1. The Morgan fingerprint density at radius 1 is 1.50 bits per heavy atom. The molecule has 0 spiro atoms. The zero-order valence-corrected chi connectivity index (χ0v) is 14.1. The number of nitrogens with zero attached hydrogens (tertiary/aromatic N) is 2. The molecule has 3 heterocycles. The van der Waals surface area contributed by atoms with E-state index in [0.29, 0.717) is 13.2 Å². The van der Waals surface area contributed by atoms with E-state index in [1.807, 2.05) is 19.1 Å². The fourth-order valence-electron chi connectivity index (χ4n) is 2.49. The molecule has 0 aromatic carbocycles. The van der Waals surface area contributed by atoms with Crippen molar-refractivity contribution in [2.24, 2.45) is 0 Å². The standard InChI is InChI=1S/C16H19ClN4O3/c1-2-23-16-14(17)15(20-21-16)12(22)7-10-3-4-11(19-8-10)13-9-18-5-6-24-13/h3-4,8,13,18H,2,5-7,9H2,1H3,(H,20,21)/t13-/m0/s1. The summed E-state index contributed by atoms with van der Waals surface area (Å²) in [6.07, 6.45) is 1.84. The lowest BCUT2D eigenvalue weighted by Crippen LogP contribution is -2.33. The molecule has 0 saturated carbocycles. The number of H-pyrrole nitrogens is 1. The van der Waals surface area contributed by atoms with E-state index in [9.17, 15) is 4.79 Å². The van der Waals surface area contributed by atoms with Crippen LogP contribution < -0.4 is 10.1 Å². The summed E-state index contributed by atoms with van der Waals surface area (Å²) in [5, 5.41) is 10.0. The first-order valence-electron chi connectivity index (χ1n) is 7.86. The second-order valence-corrected chi connectivity index (χ2v) is 5.78. The third-order valence-corrected chi connectivity index (χ3v) is 4.06. The molecule has 0 aliphatic carbocycles. The number of rotatable bonds is 6. The highest BCUT2D eigenvalue weighted by atomic mass is 35.5. The molecule has 1 fully saturated rings. The average Bonchev–Trinajstić information content (AvgIpc) is 2.98. The SMILES string of the molecule is CCOc1n[nH]c(C(=O)Cc2ccc([C@@H]3CNCCO3)nc2)c1Cl. The Morgan fingerprint density at radius 2 is 2.38 bits per heavy atom. The van der Waals surface area contributed by atoms with E-state index in [2.05, 4.69) is 20.5 Å². The topological polar surface area (TPSA) is 89.1 Å². The number of aromatic amines is 1. The molecule has 7 nitrogen and oxygen atoms in total. The number of pyridine rings is 1.